The summed E-state index contributed by atoms with van der Waals surface area (Å²) >= 11 is 1.81. The minimum Gasteiger partial charge on any atom is -0.465 e. The summed E-state index contributed by atoms with van der Waals surface area (Å²) in [5.41, 5.74) is 3.10. The molecule has 2 aromatic rings. The van der Waals surface area contributed by atoms with Crippen LogP contribution in [0.25, 0.3) is 0 Å². The molecule has 3 heterocycles. The second-order valence-electron chi connectivity index (χ2n) is 8.56. The van der Waals surface area contributed by atoms with E-state index in [0.717, 1.165) is 24.1 Å². The van der Waals surface area contributed by atoms with Gasteiger partial charge in [-0.05, 0) is 48.1 Å². The van der Waals surface area contributed by atoms with Gasteiger partial charge in [0.15, 0.2) is 0 Å². The molecule has 5 rings (SSSR count). The summed E-state index contributed by atoms with van der Waals surface area (Å²) in [5.74, 6) is -0.785. The molecule has 7 heteroatoms. The first-order valence-corrected chi connectivity index (χ1v) is 12.4. The largest absolute Gasteiger partial charge is 0.465 e. The Morgan fingerprint density at radius 3 is 2.62 bits per heavy atom. The zero-order valence-corrected chi connectivity index (χ0v) is 20.0. The van der Waals surface area contributed by atoms with Crippen LogP contribution in [0.1, 0.15) is 53.7 Å². The molecule has 3 unspecified atom stereocenters. The molecule has 34 heavy (non-hydrogen) atoms. The van der Waals surface area contributed by atoms with Crippen LogP contribution in [0.4, 0.5) is 5.69 Å². The number of thiophene rings is 1. The molecular weight excluding hydrogens is 450 g/mol. The van der Waals surface area contributed by atoms with Crippen molar-refractivity contribution in [2.24, 2.45) is 0 Å². The van der Waals surface area contributed by atoms with Crippen LogP contribution in [0, 0.1) is 0 Å². The number of hydrogen-bond acceptors (Lipinski definition) is 7. The number of anilines is 1. The highest BCUT2D eigenvalue weighted by Crippen LogP contribution is 2.50. The van der Waals surface area contributed by atoms with Crippen LogP contribution < -0.4 is 4.90 Å². The van der Waals surface area contributed by atoms with E-state index in [-0.39, 0.29) is 23.5 Å². The maximum Gasteiger partial charge on any atom is 0.355 e. The molecule has 1 aromatic carbocycles. The van der Waals surface area contributed by atoms with Gasteiger partial charge in [-0.1, -0.05) is 37.1 Å². The molecule has 1 aromatic heterocycles. The Bertz CT molecular complexity index is 1190. The van der Waals surface area contributed by atoms with E-state index in [1.54, 1.807) is 29.3 Å². The first kappa shape index (κ1) is 22.6. The third-order valence-electron chi connectivity index (χ3n) is 6.73. The summed E-state index contributed by atoms with van der Waals surface area (Å²) < 4.78 is 16.8. The highest BCUT2D eigenvalue weighted by atomic mass is 32.1. The van der Waals surface area contributed by atoms with Gasteiger partial charge in [0.05, 0.1) is 31.6 Å². The summed E-state index contributed by atoms with van der Waals surface area (Å²) in [6.07, 6.45) is 11.4. The van der Waals surface area contributed by atoms with E-state index >= 15 is 0 Å². The molecule has 1 saturated carbocycles. The predicted molar refractivity (Wildman–Crippen MR) is 131 cm³/mol. The molecule has 3 atom stereocenters. The Kier molecular flexibility index (Phi) is 6.39. The van der Waals surface area contributed by atoms with Crippen LogP contribution in [-0.4, -0.2) is 32.3 Å². The minimum atomic E-state index is -0.625. The molecule has 3 aliphatic rings. The predicted octanol–water partition coefficient (Wildman–Crippen LogP) is 5.38. The Labute approximate surface area is 203 Å². The van der Waals surface area contributed by atoms with Gasteiger partial charge in [0.2, 0.25) is 0 Å². The molecule has 0 amide bonds. The number of ether oxygens (including phenoxy) is 3. The van der Waals surface area contributed by atoms with Crippen molar-refractivity contribution >= 4 is 29.0 Å². The Morgan fingerprint density at radius 2 is 1.79 bits per heavy atom. The maximum atomic E-state index is 12.9. The molecule has 0 bridgehead atoms. The lowest BCUT2D eigenvalue weighted by Gasteiger charge is -2.40. The topological polar surface area (TPSA) is 65.1 Å². The number of nitrogens with zero attached hydrogens (tertiary/aromatic N) is 1. The van der Waals surface area contributed by atoms with Crippen LogP contribution in [0.5, 0.6) is 0 Å². The van der Waals surface area contributed by atoms with Gasteiger partial charge in [-0.2, -0.15) is 0 Å². The number of fused-ring (bicyclic) bond motifs is 3. The van der Waals surface area contributed by atoms with E-state index in [9.17, 15) is 9.59 Å². The maximum absolute atomic E-state index is 12.9. The lowest BCUT2D eigenvalue weighted by atomic mass is 9.80. The first-order valence-electron chi connectivity index (χ1n) is 11.5. The van der Waals surface area contributed by atoms with Crippen molar-refractivity contribution in [1.29, 1.82) is 0 Å². The average molecular weight is 478 g/mol. The van der Waals surface area contributed by atoms with Crippen molar-refractivity contribution in [2.45, 2.75) is 43.8 Å². The highest BCUT2D eigenvalue weighted by Gasteiger charge is 2.40. The van der Waals surface area contributed by atoms with Crippen LogP contribution in [0.15, 0.2) is 71.4 Å². The summed E-state index contributed by atoms with van der Waals surface area (Å²) in [5, 5.41) is 2.14. The van der Waals surface area contributed by atoms with Crippen molar-refractivity contribution in [2.75, 3.05) is 19.1 Å². The van der Waals surface area contributed by atoms with Gasteiger partial charge in [0, 0.05) is 22.6 Å². The summed E-state index contributed by atoms with van der Waals surface area (Å²) in [4.78, 5) is 28.6. The molecular formula is C27H27NO5S. The number of benzene rings is 1. The van der Waals surface area contributed by atoms with Crippen molar-refractivity contribution in [3.8, 4) is 0 Å². The van der Waals surface area contributed by atoms with E-state index in [1.165, 1.54) is 37.5 Å². The smallest absolute Gasteiger partial charge is 0.355 e. The first-order chi connectivity index (χ1) is 16.6. The van der Waals surface area contributed by atoms with Gasteiger partial charge in [-0.25, -0.2) is 9.59 Å². The van der Waals surface area contributed by atoms with E-state index in [1.807, 2.05) is 35.6 Å². The zero-order valence-electron chi connectivity index (χ0n) is 19.2. The zero-order chi connectivity index (χ0) is 23.7. The van der Waals surface area contributed by atoms with Crippen LogP contribution in [-0.2, 0) is 23.8 Å². The number of hydrogen-bond donors (Lipinski definition) is 0. The average Bonchev–Trinajstić information content (AvgIpc) is 3.28. The normalized spacial score (nSPS) is 23.7. The number of carbonyl (C=O) groups excluding carboxylic acids is 2. The van der Waals surface area contributed by atoms with Gasteiger partial charge in [0.25, 0.3) is 0 Å². The summed E-state index contributed by atoms with van der Waals surface area (Å²) in [7, 11) is 2.60. The van der Waals surface area contributed by atoms with Crippen LogP contribution in [0.3, 0.4) is 0 Å². The van der Waals surface area contributed by atoms with Crippen molar-refractivity contribution < 1.29 is 23.8 Å². The molecule has 0 N–H and O–H groups in total. The molecule has 1 aliphatic carbocycles. The summed E-state index contributed by atoms with van der Waals surface area (Å²) in [6.45, 7) is 0. The fourth-order valence-corrected chi connectivity index (χ4v) is 6.29. The molecule has 0 radical (unpaired) electrons. The van der Waals surface area contributed by atoms with Gasteiger partial charge < -0.3 is 19.1 Å². The van der Waals surface area contributed by atoms with E-state index in [0.29, 0.717) is 5.92 Å². The number of carbonyl (C=O) groups is 2. The van der Waals surface area contributed by atoms with E-state index < -0.39 is 11.9 Å². The Hall–Kier alpha value is -3.16. The van der Waals surface area contributed by atoms with E-state index in [2.05, 4.69) is 11.4 Å². The van der Waals surface area contributed by atoms with Gasteiger partial charge in [-0.15, -0.1) is 11.3 Å². The monoisotopic (exact) mass is 477 g/mol. The molecule has 0 spiro atoms. The lowest BCUT2D eigenvalue weighted by Crippen LogP contribution is -2.33. The fourth-order valence-electron chi connectivity index (χ4n) is 5.18. The van der Waals surface area contributed by atoms with Gasteiger partial charge in [-0.3, -0.25) is 0 Å². The Morgan fingerprint density at radius 1 is 1.00 bits per heavy atom. The van der Waals surface area contributed by atoms with Crippen molar-refractivity contribution in [1.82, 2.24) is 0 Å². The van der Waals surface area contributed by atoms with Crippen LogP contribution >= 0.6 is 11.3 Å². The fraction of sp³-hybridized carbons (Fsp3) is 0.333. The SMILES string of the molecule is COC(=O)C1=C(C(=O)OC)N(c2ccccc2C2OC3CCCCC3c3sccc32)C=CC=C1. The lowest BCUT2D eigenvalue weighted by molar-refractivity contribution is -0.139. The molecule has 176 valence electrons. The number of para-hydroxylation sites is 1. The third-order valence-corrected chi connectivity index (χ3v) is 7.79. The van der Waals surface area contributed by atoms with Gasteiger partial charge in [0.1, 0.15) is 11.8 Å². The van der Waals surface area contributed by atoms with Crippen LogP contribution in [0.2, 0.25) is 0 Å². The van der Waals surface area contributed by atoms with E-state index in [4.69, 9.17) is 14.2 Å². The third kappa shape index (κ3) is 3.89. The quantitative estimate of drug-likeness (QED) is 0.551. The van der Waals surface area contributed by atoms with Crippen molar-refractivity contribution in [3.05, 3.63) is 87.4 Å². The number of rotatable bonds is 4. The Balaban J connectivity index is 1.65. The number of esters is 2. The second-order valence-corrected chi connectivity index (χ2v) is 9.51. The van der Waals surface area contributed by atoms with Crippen molar-refractivity contribution in [3.63, 3.8) is 0 Å². The highest BCUT2D eigenvalue weighted by molar-refractivity contribution is 7.10. The number of methoxy groups -OCH3 is 2. The number of allylic oxidation sites excluding steroid dienone is 2. The molecule has 2 aliphatic heterocycles. The van der Waals surface area contributed by atoms with Gasteiger partial charge >= 0.3 is 11.9 Å². The summed E-state index contributed by atoms with van der Waals surface area (Å²) in [6, 6.07) is 10.0. The second kappa shape index (κ2) is 9.60. The molecule has 1 fully saturated rings. The molecule has 0 saturated heterocycles. The molecule has 6 nitrogen and oxygen atoms in total. The standard InChI is InChI=1S/C27H27NO5S/c1-31-26(29)19-11-7-8-15-28(23(19)27(30)32-2)21-12-5-3-9-17(21)24-20-14-16-34-25(20)18-10-4-6-13-22(18)33-24/h3,5,7-9,11-12,14-16,18,22,24H,4,6,10,13H2,1-2H3. The minimum absolute atomic E-state index is 0.101.